The van der Waals surface area contributed by atoms with Crippen LogP contribution in [0.25, 0.3) is 0 Å². The fourth-order valence-electron chi connectivity index (χ4n) is 1.74. The van der Waals surface area contributed by atoms with Crippen molar-refractivity contribution in [2.75, 3.05) is 7.11 Å². The van der Waals surface area contributed by atoms with Gasteiger partial charge in [0.2, 0.25) is 0 Å². The lowest BCUT2D eigenvalue weighted by Crippen LogP contribution is -1.94. The molecule has 0 aliphatic rings. The standard InChI is InChI=1S/C14H16O2/c1-10-4-9-14(16-10)11(2)12-5-7-13(15-3)8-6-12/h4-9,11H,1-3H3/t11-/m1/s1. The van der Waals surface area contributed by atoms with Gasteiger partial charge in [0.05, 0.1) is 7.11 Å². The van der Waals surface area contributed by atoms with Crippen molar-refractivity contribution in [1.29, 1.82) is 0 Å². The van der Waals surface area contributed by atoms with E-state index in [9.17, 15) is 0 Å². The van der Waals surface area contributed by atoms with Gasteiger partial charge in [0.25, 0.3) is 0 Å². The molecule has 2 nitrogen and oxygen atoms in total. The first-order chi connectivity index (χ1) is 7.70. The molecule has 1 atom stereocenters. The predicted octanol–water partition coefficient (Wildman–Crippen LogP) is 3.75. The number of methoxy groups -OCH3 is 1. The minimum atomic E-state index is 0.277. The number of rotatable bonds is 3. The highest BCUT2D eigenvalue weighted by molar-refractivity contribution is 5.32. The van der Waals surface area contributed by atoms with Gasteiger partial charge in [-0.15, -0.1) is 0 Å². The SMILES string of the molecule is COc1ccc([C@@H](C)c2ccc(C)o2)cc1. The van der Waals surface area contributed by atoms with Gasteiger partial charge in [0.1, 0.15) is 17.3 Å². The number of ether oxygens (including phenoxy) is 1. The number of aryl methyl sites for hydroxylation is 1. The molecule has 0 N–H and O–H groups in total. The fraction of sp³-hybridized carbons (Fsp3) is 0.286. The van der Waals surface area contributed by atoms with Crippen molar-refractivity contribution in [3.8, 4) is 5.75 Å². The molecule has 0 fully saturated rings. The van der Waals surface area contributed by atoms with Crippen LogP contribution in [-0.4, -0.2) is 7.11 Å². The van der Waals surface area contributed by atoms with E-state index in [0.29, 0.717) is 0 Å². The second kappa shape index (κ2) is 4.44. The van der Waals surface area contributed by atoms with Crippen molar-refractivity contribution < 1.29 is 9.15 Å². The van der Waals surface area contributed by atoms with Gasteiger partial charge < -0.3 is 9.15 Å². The van der Waals surface area contributed by atoms with Crippen LogP contribution in [0.1, 0.15) is 29.9 Å². The summed E-state index contributed by atoms with van der Waals surface area (Å²) < 4.78 is 10.8. The maximum atomic E-state index is 5.63. The zero-order chi connectivity index (χ0) is 11.5. The molecule has 1 heterocycles. The molecule has 0 bridgehead atoms. The lowest BCUT2D eigenvalue weighted by atomic mass is 9.99. The molecule has 0 aliphatic carbocycles. The normalized spacial score (nSPS) is 12.4. The van der Waals surface area contributed by atoms with Crippen LogP contribution in [0.2, 0.25) is 0 Å². The van der Waals surface area contributed by atoms with E-state index in [-0.39, 0.29) is 5.92 Å². The molecule has 0 spiro atoms. The molecule has 2 rings (SSSR count). The zero-order valence-electron chi connectivity index (χ0n) is 9.86. The van der Waals surface area contributed by atoms with Crippen molar-refractivity contribution in [2.45, 2.75) is 19.8 Å². The lowest BCUT2D eigenvalue weighted by molar-refractivity contribution is 0.414. The summed E-state index contributed by atoms with van der Waals surface area (Å²) in [6, 6.07) is 12.1. The molecule has 2 heteroatoms. The van der Waals surface area contributed by atoms with Crippen molar-refractivity contribution in [3.63, 3.8) is 0 Å². The molecule has 0 saturated heterocycles. The molecule has 1 aromatic carbocycles. The van der Waals surface area contributed by atoms with Crippen LogP contribution in [0.3, 0.4) is 0 Å². The summed E-state index contributed by atoms with van der Waals surface area (Å²) in [5.74, 6) is 3.12. The van der Waals surface area contributed by atoms with Crippen LogP contribution in [-0.2, 0) is 0 Å². The highest BCUT2D eigenvalue weighted by atomic mass is 16.5. The molecule has 1 aromatic heterocycles. The van der Waals surface area contributed by atoms with Crippen LogP contribution in [0.15, 0.2) is 40.8 Å². The third-order valence-corrected chi connectivity index (χ3v) is 2.80. The van der Waals surface area contributed by atoms with Crippen molar-refractivity contribution in [2.24, 2.45) is 0 Å². The van der Waals surface area contributed by atoms with Crippen molar-refractivity contribution in [1.82, 2.24) is 0 Å². The van der Waals surface area contributed by atoms with Gasteiger partial charge in [0, 0.05) is 5.92 Å². The molecular weight excluding hydrogens is 200 g/mol. The van der Waals surface area contributed by atoms with E-state index in [4.69, 9.17) is 9.15 Å². The zero-order valence-corrected chi connectivity index (χ0v) is 9.86. The highest BCUT2D eigenvalue weighted by Crippen LogP contribution is 2.26. The minimum Gasteiger partial charge on any atom is -0.497 e. The molecular formula is C14H16O2. The molecule has 16 heavy (non-hydrogen) atoms. The Hall–Kier alpha value is -1.70. The largest absolute Gasteiger partial charge is 0.497 e. The quantitative estimate of drug-likeness (QED) is 0.779. The first-order valence-electron chi connectivity index (χ1n) is 5.41. The van der Waals surface area contributed by atoms with Crippen molar-refractivity contribution in [3.05, 3.63) is 53.5 Å². The van der Waals surface area contributed by atoms with E-state index >= 15 is 0 Å². The van der Waals surface area contributed by atoms with Crippen molar-refractivity contribution >= 4 is 0 Å². The van der Waals surface area contributed by atoms with Gasteiger partial charge in [-0.2, -0.15) is 0 Å². The Bertz CT molecular complexity index is 454. The summed E-state index contributed by atoms with van der Waals surface area (Å²) in [6.07, 6.45) is 0. The van der Waals surface area contributed by atoms with Crippen LogP contribution < -0.4 is 4.74 Å². The van der Waals surface area contributed by atoms with Gasteiger partial charge in [-0.05, 0) is 36.8 Å². The van der Waals surface area contributed by atoms with E-state index in [0.717, 1.165) is 17.3 Å². The second-order valence-corrected chi connectivity index (χ2v) is 3.94. The van der Waals surface area contributed by atoms with Gasteiger partial charge in [-0.3, -0.25) is 0 Å². The Morgan fingerprint density at radius 1 is 1.06 bits per heavy atom. The molecule has 0 saturated carbocycles. The first-order valence-corrected chi connectivity index (χ1v) is 5.41. The second-order valence-electron chi connectivity index (χ2n) is 3.94. The summed E-state index contributed by atoms with van der Waals surface area (Å²) in [5.41, 5.74) is 1.23. The molecule has 0 aliphatic heterocycles. The summed E-state index contributed by atoms with van der Waals surface area (Å²) in [7, 11) is 1.67. The van der Waals surface area contributed by atoms with E-state index in [1.165, 1.54) is 5.56 Å². The van der Waals surface area contributed by atoms with Gasteiger partial charge >= 0.3 is 0 Å². The maximum absolute atomic E-state index is 5.63. The number of furan rings is 1. The molecule has 2 aromatic rings. The maximum Gasteiger partial charge on any atom is 0.118 e. The van der Waals surface area contributed by atoms with Crippen LogP contribution in [0.5, 0.6) is 5.75 Å². The molecule has 0 unspecified atom stereocenters. The van der Waals surface area contributed by atoms with E-state index in [1.54, 1.807) is 7.11 Å². The average Bonchev–Trinajstić information content (AvgIpc) is 2.75. The summed E-state index contributed by atoms with van der Waals surface area (Å²) >= 11 is 0. The molecule has 0 amide bonds. The smallest absolute Gasteiger partial charge is 0.118 e. The Morgan fingerprint density at radius 3 is 2.25 bits per heavy atom. The summed E-state index contributed by atoms with van der Waals surface area (Å²) in [6.45, 7) is 4.10. The summed E-state index contributed by atoms with van der Waals surface area (Å²) in [4.78, 5) is 0. The van der Waals surface area contributed by atoms with Crippen LogP contribution >= 0.6 is 0 Å². The van der Waals surface area contributed by atoms with E-state index in [2.05, 4.69) is 19.1 Å². The molecule has 0 radical (unpaired) electrons. The first kappa shape index (κ1) is 10.8. The average molecular weight is 216 g/mol. The Morgan fingerprint density at radius 2 is 1.75 bits per heavy atom. The Kier molecular flexibility index (Phi) is 3.00. The fourth-order valence-corrected chi connectivity index (χ4v) is 1.74. The predicted molar refractivity (Wildman–Crippen MR) is 64.0 cm³/mol. The number of hydrogen-bond acceptors (Lipinski definition) is 2. The Balaban J connectivity index is 2.23. The third-order valence-electron chi connectivity index (χ3n) is 2.80. The molecule has 84 valence electrons. The number of hydrogen-bond donors (Lipinski definition) is 0. The summed E-state index contributed by atoms with van der Waals surface area (Å²) in [5, 5.41) is 0. The van der Waals surface area contributed by atoms with Crippen LogP contribution in [0, 0.1) is 6.92 Å². The lowest BCUT2D eigenvalue weighted by Gasteiger charge is -2.09. The van der Waals surface area contributed by atoms with E-state index < -0.39 is 0 Å². The number of benzene rings is 1. The monoisotopic (exact) mass is 216 g/mol. The third kappa shape index (κ3) is 2.11. The minimum absolute atomic E-state index is 0.277. The Labute approximate surface area is 95.9 Å². The van der Waals surface area contributed by atoms with E-state index in [1.807, 2.05) is 31.2 Å². The highest BCUT2D eigenvalue weighted by Gasteiger charge is 2.11. The topological polar surface area (TPSA) is 22.4 Å². The van der Waals surface area contributed by atoms with Gasteiger partial charge in [-0.1, -0.05) is 19.1 Å². The van der Waals surface area contributed by atoms with Gasteiger partial charge in [-0.25, -0.2) is 0 Å². The van der Waals surface area contributed by atoms with Crippen LogP contribution in [0.4, 0.5) is 0 Å². The van der Waals surface area contributed by atoms with Gasteiger partial charge in [0.15, 0.2) is 0 Å².